The predicted octanol–water partition coefficient (Wildman–Crippen LogP) is 3.59. The molecule has 0 aliphatic rings. The number of fused-ring (bicyclic) bond motifs is 1. The molecule has 3 aromatic rings. The van der Waals surface area contributed by atoms with Crippen LogP contribution in [0.25, 0.3) is 22.4 Å². The number of rotatable bonds is 1. The van der Waals surface area contributed by atoms with Crippen LogP contribution in [-0.4, -0.2) is 15.0 Å². The highest BCUT2D eigenvalue weighted by Crippen LogP contribution is 2.30. The molecule has 0 fully saturated rings. The zero-order chi connectivity index (χ0) is 11.8. The van der Waals surface area contributed by atoms with Gasteiger partial charge in [-0.2, -0.15) is 0 Å². The largest absolute Gasteiger partial charge is 0.451 e. The van der Waals surface area contributed by atoms with Gasteiger partial charge in [-0.05, 0) is 23.7 Å². The van der Waals surface area contributed by atoms with Crippen molar-refractivity contribution < 1.29 is 4.42 Å². The molecule has 0 saturated carbocycles. The smallest absolute Gasteiger partial charge is 0.224 e. The maximum Gasteiger partial charge on any atom is 0.224 e. The van der Waals surface area contributed by atoms with E-state index in [1.54, 1.807) is 18.5 Å². The summed E-state index contributed by atoms with van der Waals surface area (Å²) in [5.41, 5.74) is 1.91. The van der Waals surface area contributed by atoms with Crippen LogP contribution < -0.4 is 0 Å². The number of nitrogens with zero attached hydrogens (tertiary/aromatic N) is 3. The van der Waals surface area contributed by atoms with E-state index in [9.17, 15) is 0 Å². The SMILES string of the molecule is Clc1nc(Cl)c2oc(-c3ccncc3)cc2n1. The van der Waals surface area contributed by atoms with E-state index in [2.05, 4.69) is 15.0 Å². The maximum absolute atomic E-state index is 5.92. The second-order valence-electron chi connectivity index (χ2n) is 3.34. The van der Waals surface area contributed by atoms with Crippen molar-refractivity contribution >= 4 is 34.3 Å². The fourth-order valence-corrected chi connectivity index (χ4v) is 1.96. The normalized spacial score (nSPS) is 10.9. The second kappa shape index (κ2) is 3.98. The first-order chi connectivity index (χ1) is 8.24. The first kappa shape index (κ1) is 10.5. The van der Waals surface area contributed by atoms with Crippen molar-refractivity contribution in [2.45, 2.75) is 0 Å². The van der Waals surface area contributed by atoms with E-state index >= 15 is 0 Å². The van der Waals surface area contributed by atoms with Gasteiger partial charge in [0.2, 0.25) is 5.28 Å². The average molecular weight is 266 g/mol. The van der Waals surface area contributed by atoms with E-state index in [0.717, 1.165) is 5.56 Å². The molecular weight excluding hydrogens is 261 g/mol. The van der Waals surface area contributed by atoms with E-state index in [4.69, 9.17) is 27.6 Å². The number of halogens is 2. The quantitative estimate of drug-likeness (QED) is 0.499. The summed E-state index contributed by atoms with van der Waals surface area (Å²) >= 11 is 11.6. The van der Waals surface area contributed by atoms with Crippen LogP contribution >= 0.6 is 23.2 Å². The summed E-state index contributed by atoms with van der Waals surface area (Å²) in [6, 6.07) is 5.44. The van der Waals surface area contributed by atoms with E-state index in [1.165, 1.54) is 0 Å². The first-order valence-electron chi connectivity index (χ1n) is 4.77. The highest BCUT2D eigenvalue weighted by molar-refractivity contribution is 6.35. The van der Waals surface area contributed by atoms with Crippen molar-refractivity contribution in [3.05, 3.63) is 41.0 Å². The lowest BCUT2D eigenvalue weighted by molar-refractivity contribution is 0.629. The molecule has 0 saturated heterocycles. The Labute approximate surface area is 106 Å². The van der Waals surface area contributed by atoms with Crippen molar-refractivity contribution in [1.29, 1.82) is 0 Å². The Morgan fingerprint density at radius 3 is 2.59 bits per heavy atom. The van der Waals surface area contributed by atoms with E-state index in [-0.39, 0.29) is 10.4 Å². The summed E-state index contributed by atoms with van der Waals surface area (Å²) in [4.78, 5) is 11.8. The Balaban J connectivity index is 2.24. The molecule has 4 nitrogen and oxygen atoms in total. The standard InChI is InChI=1S/C11H5Cl2N3O/c12-10-9-7(15-11(13)16-10)5-8(17-9)6-1-3-14-4-2-6/h1-5H. The molecular formula is C11H5Cl2N3O. The monoisotopic (exact) mass is 265 g/mol. The molecule has 3 rings (SSSR count). The maximum atomic E-state index is 5.92. The van der Waals surface area contributed by atoms with Gasteiger partial charge >= 0.3 is 0 Å². The van der Waals surface area contributed by atoms with Crippen LogP contribution in [0.15, 0.2) is 35.0 Å². The van der Waals surface area contributed by atoms with Gasteiger partial charge in [0, 0.05) is 24.0 Å². The molecule has 0 atom stereocenters. The predicted molar refractivity (Wildman–Crippen MR) is 65.1 cm³/mol. The lowest BCUT2D eigenvalue weighted by Gasteiger charge is -1.93. The molecule has 3 aromatic heterocycles. The molecule has 84 valence electrons. The van der Waals surface area contributed by atoms with Gasteiger partial charge in [0.25, 0.3) is 0 Å². The van der Waals surface area contributed by atoms with E-state index in [0.29, 0.717) is 16.9 Å². The number of furan rings is 1. The Morgan fingerprint density at radius 1 is 1.06 bits per heavy atom. The fraction of sp³-hybridized carbons (Fsp3) is 0. The molecule has 0 bridgehead atoms. The van der Waals surface area contributed by atoms with Crippen LogP contribution in [0, 0.1) is 0 Å². The fourth-order valence-electron chi connectivity index (χ4n) is 1.53. The van der Waals surface area contributed by atoms with Gasteiger partial charge in [-0.1, -0.05) is 11.6 Å². The summed E-state index contributed by atoms with van der Waals surface area (Å²) in [6.45, 7) is 0. The molecule has 0 aliphatic heterocycles. The third-order valence-electron chi connectivity index (χ3n) is 2.27. The lowest BCUT2D eigenvalue weighted by atomic mass is 10.2. The molecule has 3 heterocycles. The molecule has 17 heavy (non-hydrogen) atoms. The zero-order valence-electron chi connectivity index (χ0n) is 8.39. The summed E-state index contributed by atoms with van der Waals surface area (Å²) in [5, 5.41) is 0.310. The first-order valence-corrected chi connectivity index (χ1v) is 5.52. The number of hydrogen-bond acceptors (Lipinski definition) is 4. The van der Waals surface area contributed by atoms with Gasteiger partial charge in [-0.3, -0.25) is 4.98 Å². The third-order valence-corrected chi connectivity index (χ3v) is 2.69. The van der Waals surface area contributed by atoms with Crippen molar-refractivity contribution in [2.75, 3.05) is 0 Å². The molecule has 0 unspecified atom stereocenters. The molecule has 0 N–H and O–H groups in total. The summed E-state index contributed by atoms with van der Waals surface area (Å²) in [5.74, 6) is 0.654. The van der Waals surface area contributed by atoms with Crippen molar-refractivity contribution in [3.63, 3.8) is 0 Å². The minimum atomic E-state index is 0.101. The number of pyridine rings is 1. The molecule has 0 aromatic carbocycles. The van der Waals surface area contributed by atoms with Gasteiger partial charge in [0.1, 0.15) is 11.3 Å². The molecule has 0 spiro atoms. The van der Waals surface area contributed by atoms with Gasteiger partial charge in [0.05, 0.1) is 0 Å². The summed E-state index contributed by atoms with van der Waals surface area (Å²) < 4.78 is 5.60. The minimum absolute atomic E-state index is 0.101. The van der Waals surface area contributed by atoms with Gasteiger partial charge in [-0.15, -0.1) is 0 Å². The minimum Gasteiger partial charge on any atom is -0.451 e. The van der Waals surface area contributed by atoms with Crippen molar-refractivity contribution in [3.8, 4) is 11.3 Å². The Morgan fingerprint density at radius 2 is 1.82 bits per heavy atom. The Hall–Kier alpha value is -1.65. The van der Waals surface area contributed by atoms with Crippen molar-refractivity contribution in [2.24, 2.45) is 0 Å². The molecule has 6 heteroatoms. The molecule has 0 amide bonds. The van der Waals surface area contributed by atoms with Crippen LogP contribution in [-0.2, 0) is 0 Å². The van der Waals surface area contributed by atoms with Crippen LogP contribution in [0.5, 0.6) is 0 Å². The summed E-state index contributed by atoms with van der Waals surface area (Å²) in [6.07, 6.45) is 3.37. The number of aromatic nitrogens is 3. The van der Waals surface area contributed by atoms with Crippen molar-refractivity contribution in [1.82, 2.24) is 15.0 Å². The van der Waals surface area contributed by atoms with Crippen LogP contribution in [0.3, 0.4) is 0 Å². The van der Waals surface area contributed by atoms with Crippen LogP contribution in [0.4, 0.5) is 0 Å². The highest BCUT2D eigenvalue weighted by atomic mass is 35.5. The zero-order valence-corrected chi connectivity index (χ0v) is 9.90. The van der Waals surface area contributed by atoms with Crippen LogP contribution in [0.1, 0.15) is 0 Å². The van der Waals surface area contributed by atoms with Gasteiger partial charge in [-0.25, -0.2) is 9.97 Å². The highest BCUT2D eigenvalue weighted by Gasteiger charge is 2.12. The van der Waals surface area contributed by atoms with E-state index in [1.807, 2.05) is 12.1 Å². The molecule has 0 radical (unpaired) electrons. The lowest BCUT2D eigenvalue weighted by Crippen LogP contribution is -1.82. The topological polar surface area (TPSA) is 51.8 Å². The Kier molecular flexibility index (Phi) is 2.46. The van der Waals surface area contributed by atoms with E-state index < -0.39 is 0 Å². The molecule has 0 aliphatic carbocycles. The second-order valence-corrected chi connectivity index (χ2v) is 4.04. The number of hydrogen-bond donors (Lipinski definition) is 0. The van der Waals surface area contributed by atoms with Gasteiger partial charge in [0.15, 0.2) is 10.7 Å². The Bertz CT molecular complexity index is 682. The van der Waals surface area contributed by atoms with Crippen LogP contribution in [0.2, 0.25) is 10.4 Å². The van der Waals surface area contributed by atoms with Gasteiger partial charge < -0.3 is 4.42 Å². The summed E-state index contributed by atoms with van der Waals surface area (Å²) in [7, 11) is 0. The average Bonchev–Trinajstić information content (AvgIpc) is 2.74. The third kappa shape index (κ3) is 1.85.